The molecule has 0 bridgehead atoms. The Balaban J connectivity index is 2.90. The fourth-order valence-electron chi connectivity index (χ4n) is 1.56. The molecule has 6 atom stereocenters. The molecule has 1 aliphatic rings. The van der Waals surface area contributed by atoms with Crippen molar-refractivity contribution in [2.45, 2.75) is 36.3 Å². The van der Waals surface area contributed by atoms with Crippen molar-refractivity contribution < 1.29 is 40.5 Å². The van der Waals surface area contributed by atoms with E-state index < -0.39 is 49.5 Å². The maximum Gasteiger partial charge on any atom is 0.219 e. The Bertz CT molecular complexity index is 234. The summed E-state index contributed by atoms with van der Waals surface area (Å²) < 4.78 is 4.71. The lowest BCUT2D eigenvalue weighted by Crippen LogP contribution is -2.68. The van der Waals surface area contributed by atoms with Gasteiger partial charge in [0.25, 0.3) is 0 Å². The SMILES string of the molecule is OC[C@@H](O)[C@H]1O[C@@](O)(CO)[C@@H](O)[C@@H](O)[C@@H]1O. The highest BCUT2D eigenvalue weighted by Gasteiger charge is 2.54. The van der Waals surface area contributed by atoms with Gasteiger partial charge in [-0.15, -0.1) is 0 Å². The van der Waals surface area contributed by atoms with E-state index in [1.165, 1.54) is 0 Å². The van der Waals surface area contributed by atoms with Gasteiger partial charge in [0.2, 0.25) is 5.79 Å². The molecule has 8 nitrogen and oxygen atoms in total. The van der Waals surface area contributed by atoms with E-state index in [1.54, 1.807) is 0 Å². The Kier molecular flexibility index (Phi) is 4.21. The summed E-state index contributed by atoms with van der Waals surface area (Å²) in [4.78, 5) is 0. The van der Waals surface area contributed by atoms with Crippen molar-refractivity contribution in [2.75, 3.05) is 13.2 Å². The highest BCUT2D eigenvalue weighted by molar-refractivity contribution is 4.97. The molecule has 1 aliphatic heterocycles. The van der Waals surface area contributed by atoms with Crippen LogP contribution in [0, 0.1) is 0 Å². The van der Waals surface area contributed by atoms with Gasteiger partial charge < -0.3 is 40.5 Å². The zero-order valence-corrected chi connectivity index (χ0v) is 8.34. The van der Waals surface area contributed by atoms with Gasteiger partial charge in [-0.1, -0.05) is 0 Å². The van der Waals surface area contributed by atoms with Crippen molar-refractivity contribution in [1.29, 1.82) is 0 Å². The van der Waals surface area contributed by atoms with Crippen molar-refractivity contribution in [3.8, 4) is 0 Å². The van der Waals surface area contributed by atoms with Crippen LogP contribution in [0.3, 0.4) is 0 Å². The Hall–Kier alpha value is -0.320. The summed E-state index contributed by atoms with van der Waals surface area (Å²) in [5, 5.41) is 64.5. The van der Waals surface area contributed by atoms with Crippen molar-refractivity contribution in [3.05, 3.63) is 0 Å². The van der Waals surface area contributed by atoms with Crippen molar-refractivity contribution >= 4 is 0 Å². The fourth-order valence-corrected chi connectivity index (χ4v) is 1.56. The second kappa shape index (κ2) is 4.90. The van der Waals surface area contributed by atoms with E-state index in [0.29, 0.717) is 0 Å². The maximum atomic E-state index is 9.57. The Morgan fingerprint density at radius 1 is 1.12 bits per heavy atom. The van der Waals surface area contributed by atoms with Crippen LogP contribution in [0.2, 0.25) is 0 Å². The highest BCUT2D eigenvalue weighted by Crippen LogP contribution is 2.29. The lowest BCUT2D eigenvalue weighted by atomic mass is 9.90. The van der Waals surface area contributed by atoms with Gasteiger partial charge >= 0.3 is 0 Å². The molecular weight excluding hydrogens is 224 g/mol. The van der Waals surface area contributed by atoms with Crippen LogP contribution < -0.4 is 0 Å². The molecule has 0 aromatic rings. The van der Waals surface area contributed by atoms with Gasteiger partial charge in [0.05, 0.1) is 13.2 Å². The van der Waals surface area contributed by atoms with E-state index in [1.807, 2.05) is 0 Å². The van der Waals surface area contributed by atoms with E-state index in [4.69, 9.17) is 14.9 Å². The minimum absolute atomic E-state index is 0.772. The van der Waals surface area contributed by atoms with Crippen LogP contribution in [0.25, 0.3) is 0 Å². The van der Waals surface area contributed by atoms with E-state index in [9.17, 15) is 25.5 Å². The number of rotatable bonds is 3. The molecule has 1 heterocycles. The first-order chi connectivity index (χ1) is 7.37. The molecule has 0 aromatic carbocycles. The number of aliphatic hydroxyl groups excluding tert-OH is 6. The summed E-state index contributed by atoms with van der Waals surface area (Å²) >= 11 is 0. The summed E-state index contributed by atoms with van der Waals surface area (Å²) in [7, 11) is 0. The molecule has 1 fully saturated rings. The first-order valence-electron chi connectivity index (χ1n) is 4.71. The zero-order valence-electron chi connectivity index (χ0n) is 8.34. The third-order valence-electron chi connectivity index (χ3n) is 2.61. The van der Waals surface area contributed by atoms with E-state index >= 15 is 0 Å². The molecule has 8 heteroatoms. The van der Waals surface area contributed by atoms with Crippen molar-refractivity contribution in [1.82, 2.24) is 0 Å². The van der Waals surface area contributed by atoms with Gasteiger partial charge in [-0.2, -0.15) is 0 Å². The molecule has 0 radical (unpaired) electrons. The van der Waals surface area contributed by atoms with Crippen LogP contribution in [-0.4, -0.2) is 85.3 Å². The van der Waals surface area contributed by atoms with Gasteiger partial charge in [0.15, 0.2) is 0 Å². The second-order valence-electron chi connectivity index (χ2n) is 3.76. The normalized spacial score (nSPS) is 46.7. The van der Waals surface area contributed by atoms with Gasteiger partial charge in [-0.3, -0.25) is 0 Å². The summed E-state index contributed by atoms with van der Waals surface area (Å²) in [5.41, 5.74) is 0. The third-order valence-corrected chi connectivity index (χ3v) is 2.61. The van der Waals surface area contributed by atoms with E-state index in [2.05, 4.69) is 0 Å². The number of ether oxygens (including phenoxy) is 1. The monoisotopic (exact) mass is 240 g/mol. The lowest BCUT2D eigenvalue weighted by Gasteiger charge is -2.45. The molecular formula is C8H16O8. The summed E-state index contributed by atoms with van der Waals surface area (Å²) in [6.45, 7) is -1.81. The third kappa shape index (κ3) is 2.19. The first kappa shape index (κ1) is 13.7. The molecule has 0 spiro atoms. The van der Waals surface area contributed by atoms with Crippen LogP contribution in [-0.2, 0) is 4.74 Å². The topological polar surface area (TPSA) is 151 Å². The van der Waals surface area contributed by atoms with E-state index in [-0.39, 0.29) is 0 Å². The van der Waals surface area contributed by atoms with Crippen LogP contribution in [0.5, 0.6) is 0 Å². The van der Waals surface area contributed by atoms with Crippen molar-refractivity contribution in [3.63, 3.8) is 0 Å². The number of aliphatic hydroxyl groups is 7. The first-order valence-corrected chi connectivity index (χ1v) is 4.71. The quantitative estimate of drug-likeness (QED) is 0.261. The lowest BCUT2D eigenvalue weighted by molar-refractivity contribution is -0.365. The average Bonchev–Trinajstić information content (AvgIpc) is 2.30. The average molecular weight is 240 g/mol. The van der Waals surface area contributed by atoms with Crippen LogP contribution in [0.15, 0.2) is 0 Å². The predicted octanol–water partition coefficient (Wildman–Crippen LogP) is -4.50. The minimum Gasteiger partial charge on any atom is -0.394 e. The minimum atomic E-state index is -2.49. The van der Waals surface area contributed by atoms with Gasteiger partial charge in [-0.05, 0) is 0 Å². The fraction of sp³-hybridized carbons (Fsp3) is 1.00. The molecule has 96 valence electrons. The van der Waals surface area contributed by atoms with Crippen LogP contribution in [0.1, 0.15) is 0 Å². The summed E-state index contributed by atoms with van der Waals surface area (Å²) in [6, 6.07) is 0. The molecule has 1 saturated heterocycles. The molecule has 1 rings (SSSR count). The van der Waals surface area contributed by atoms with E-state index in [0.717, 1.165) is 0 Å². The Morgan fingerprint density at radius 2 is 1.69 bits per heavy atom. The molecule has 0 unspecified atom stereocenters. The molecule has 7 N–H and O–H groups in total. The number of hydrogen-bond acceptors (Lipinski definition) is 8. The Labute approximate surface area is 91.0 Å². The summed E-state index contributed by atoms with van der Waals surface area (Å²) in [5.74, 6) is -2.49. The molecule has 0 saturated carbocycles. The van der Waals surface area contributed by atoms with Crippen LogP contribution in [0.4, 0.5) is 0 Å². The van der Waals surface area contributed by atoms with Gasteiger partial charge in [0.1, 0.15) is 30.5 Å². The van der Waals surface area contributed by atoms with Gasteiger partial charge in [-0.25, -0.2) is 0 Å². The van der Waals surface area contributed by atoms with Gasteiger partial charge in [0, 0.05) is 0 Å². The number of hydrogen-bond donors (Lipinski definition) is 7. The predicted molar refractivity (Wildman–Crippen MR) is 48.0 cm³/mol. The Morgan fingerprint density at radius 3 is 2.12 bits per heavy atom. The standard InChI is InChI=1S/C8H16O8/c9-1-3(11)6-4(12)5(13)7(14)8(15,2-10)16-6/h3-7,9-15H,1-2H2/t3-,4+,5+,6-,7+,8+/m1/s1. The molecule has 0 aliphatic carbocycles. The summed E-state index contributed by atoms with van der Waals surface area (Å²) in [6.07, 6.45) is -8.49. The van der Waals surface area contributed by atoms with Crippen LogP contribution >= 0.6 is 0 Å². The maximum absolute atomic E-state index is 9.57. The second-order valence-corrected chi connectivity index (χ2v) is 3.76. The van der Waals surface area contributed by atoms with Crippen molar-refractivity contribution in [2.24, 2.45) is 0 Å². The zero-order chi connectivity index (χ0) is 12.5. The molecule has 0 amide bonds. The highest BCUT2D eigenvalue weighted by atomic mass is 16.7. The molecule has 0 aromatic heterocycles. The molecule has 16 heavy (non-hydrogen) atoms. The largest absolute Gasteiger partial charge is 0.394 e. The smallest absolute Gasteiger partial charge is 0.219 e.